The van der Waals surface area contributed by atoms with Crippen molar-refractivity contribution in [2.45, 2.75) is 24.9 Å². The summed E-state index contributed by atoms with van der Waals surface area (Å²) in [7, 11) is 1.61. The van der Waals surface area contributed by atoms with Gasteiger partial charge in [-0.15, -0.1) is 0 Å². The average molecular weight is 371 g/mol. The van der Waals surface area contributed by atoms with Gasteiger partial charge in [-0.1, -0.05) is 18.2 Å². The van der Waals surface area contributed by atoms with Gasteiger partial charge in [-0.3, -0.25) is 4.90 Å². The average Bonchev–Trinajstić information content (AvgIpc) is 2.65. The van der Waals surface area contributed by atoms with Crippen LogP contribution in [0.15, 0.2) is 36.4 Å². The molecule has 0 spiro atoms. The Bertz CT molecular complexity index is 753. The third kappa shape index (κ3) is 4.27. The number of rotatable bonds is 6. The molecule has 0 bridgehead atoms. The van der Waals surface area contributed by atoms with Gasteiger partial charge in [0.25, 0.3) is 0 Å². The van der Waals surface area contributed by atoms with Crippen LogP contribution in [0.25, 0.3) is 10.8 Å². The topological polar surface area (TPSA) is 21.7 Å². The van der Waals surface area contributed by atoms with Crippen molar-refractivity contribution in [3.05, 3.63) is 42.0 Å². The molecule has 2 aromatic carbocycles. The van der Waals surface area contributed by atoms with Gasteiger partial charge in [0.1, 0.15) is 5.75 Å². The maximum atomic E-state index is 13.1. The summed E-state index contributed by atoms with van der Waals surface area (Å²) < 4.78 is 61.9. The molecule has 0 aromatic heterocycles. The van der Waals surface area contributed by atoms with Crippen LogP contribution >= 0.6 is 0 Å². The number of morpholine rings is 1. The molecular weight excluding hydrogens is 350 g/mol. The highest BCUT2D eigenvalue weighted by molar-refractivity contribution is 5.84. The lowest BCUT2D eigenvalue weighted by Crippen LogP contribution is -2.41. The first-order valence-electron chi connectivity index (χ1n) is 8.47. The number of nitrogens with zero attached hydrogens (tertiary/aromatic N) is 1. The van der Waals surface area contributed by atoms with Gasteiger partial charge in [0.2, 0.25) is 0 Å². The van der Waals surface area contributed by atoms with E-state index >= 15 is 0 Å². The highest BCUT2D eigenvalue weighted by Crippen LogP contribution is 2.30. The number of halogens is 4. The fourth-order valence-electron chi connectivity index (χ4n) is 3.09. The van der Waals surface area contributed by atoms with Gasteiger partial charge in [-0.2, -0.15) is 0 Å². The Morgan fingerprint density at radius 2 is 1.92 bits per heavy atom. The molecule has 7 heteroatoms. The molecule has 0 radical (unpaired) electrons. The number of hydrogen-bond donors (Lipinski definition) is 0. The van der Waals surface area contributed by atoms with Crippen molar-refractivity contribution >= 4 is 10.8 Å². The van der Waals surface area contributed by atoms with E-state index in [0.29, 0.717) is 19.7 Å². The molecule has 3 nitrogen and oxygen atoms in total. The fraction of sp³-hybridized carbons (Fsp3) is 0.474. The molecule has 0 aliphatic carbocycles. The van der Waals surface area contributed by atoms with Crippen LogP contribution in [-0.2, 0) is 4.74 Å². The molecule has 1 atom stereocenters. The Hall–Kier alpha value is -1.86. The van der Waals surface area contributed by atoms with E-state index in [1.807, 2.05) is 36.4 Å². The largest absolute Gasteiger partial charge is 0.497 e. The Kier molecular flexibility index (Phi) is 5.67. The Balaban J connectivity index is 1.68. The Morgan fingerprint density at radius 3 is 2.65 bits per heavy atom. The monoisotopic (exact) mass is 371 g/mol. The lowest BCUT2D eigenvalue weighted by atomic mass is 10.0. The number of benzene rings is 2. The minimum Gasteiger partial charge on any atom is -0.497 e. The van der Waals surface area contributed by atoms with Crippen LogP contribution in [0.1, 0.15) is 18.1 Å². The van der Waals surface area contributed by atoms with E-state index in [-0.39, 0.29) is 12.6 Å². The number of hydrogen-bond acceptors (Lipinski definition) is 3. The van der Waals surface area contributed by atoms with Gasteiger partial charge in [0.15, 0.2) is 0 Å². The first kappa shape index (κ1) is 18.9. The maximum absolute atomic E-state index is 13.1. The Labute approximate surface area is 149 Å². The minimum atomic E-state index is -3.95. The summed E-state index contributed by atoms with van der Waals surface area (Å²) in [4.78, 5) is 1.75. The highest BCUT2D eigenvalue weighted by atomic mass is 19.3. The number of alkyl halides is 4. The van der Waals surface area contributed by atoms with Gasteiger partial charge < -0.3 is 9.47 Å². The van der Waals surface area contributed by atoms with E-state index in [2.05, 4.69) is 0 Å². The molecule has 1 saturated heterocycles. The maximum Gasteiger partial charge on any atom is 0.308 e. The predicted molar refractivity (Wildman–Crippen MR) is 91.2 cm³/mol. The van der Waals surface area contributed by atoms with E-state index in [4.69, 9.17) is 9.47 Å². The zero-order valence-corrected chi connectivity index (χ0v) is 14.4. The standard InChI is InChI=1S/C19H21F4NO2/c1-25-16-5-4-13-10-15(3-2-14(13)11-16)17-12-24(8-9-26-17)7-6-19(22,23)18(20)21/h2-5,10-11,17-18H,6-9,12H2,1H3/t17-/m0/s1. The molecule has 1 fully saturated rings. The lowest BCUT2D eigenvalue weighted by molar-refractivity contribution is -0.139. The fourth-order valence-corrected chi connectivity index (χ4v) is 3.09. The van der Waals surface area contributed by atoms with Crippen LogP contribution in [0.3, 0.4) is 0 Å². The summed E-state index contributed by atoms with van der Waals surface area (Å²) in [6, 6.07) is 11.6. The van der Waals surface area contributed by atoms with Crippen LogP contribution in [-0.4, -0.2) is 50.6 Å². The third-order valence-electron chi connectivity index (χ3n) is 4.67. The summed E-state index contributed by atoms with van der Waals surface area (Å²) in [5, 5.41) is 2.05. The Morgan fingerprint density at radius 1 is 1.19 bits per heavy atom. The van der Waals surface area contributed by atoms with Crippen LogP contribution < -0.4 is 4.74 Å². The summed E-state index contributed by atoms with van der Waals surface area (Å²) in [5.74, 6) is -3.18. The molecular formula is C19H21F4NO2. The molecule has 0 amide bonds. The predicted octanol–water partition coefficient (Wildman–Crippen LogP) is 4.51. The van der Waals surface area contributed by atoms with Gasteiger partial charge in [-0.05, 0) is 34.5 Å². The summed E-state index contributed by atoms with van der Waals surface area (Å²) in [6.45, 7) is 1.16. The quantitative estimate of drug-likeness (QED) is 0.698. The van der Waals surface area contributed by atoms with Gasteiger partial charge in [0.05, 0.1) is 19.8 Å². The number of methoxy groups -OCH3 is 1. The molecule has 1 heterocycles. The second-order valence-electron chi connectivity index (χ2n) is 6.44. The first-order chi connectivity index (χ1) is 12.4. The summed E-state index contributed by atoms with van der Waals surface area (Å²) >= 11 is 0. The molecule has 0 N–H and O–H groups in total. The van der Waals surface area contributed by atoms with Crippen molar-refractivity contribution < 1.29 is 27.0 Å². The van der Waals surface area contributed by atoms with Crippen molar-refractivity contribution in [3.8, 4) is 5.75 Å². The van der Waals surface area contributed by atoms with E-state index in [1.54, 1.807) is 12.0 Å². The van der Waals surface area contributed by atoms with E-state index in [9.17, 15) is 17.6 Å². The lowest BCUT2D eigenvalue weighted by Gasteiger charge is -2.34. The van der Waals surface area contributed by atoms with E-state index in [0.717, 1.165) is 22.1 Å². The highest BCUT2D eigenvalue weighted by Gasteiger charge is 2.40. The summed E-state index contributed by atoms with van der Waals surface area (Å²) in [5.41, 5.74) is 0.938. The molecule has 26 heavy (non-hydrogen) atoms. The minimum absolute atomic E-state index is 0.0814. The number of fused-ring (bicyclic) bond motifs is 1. The second kappa shape index (κ2) is 7.80. The van der Waals surface area contributed by atoms with Crippen molar-refractivity contribution in [2.24, 2.45) is 0 Å². The molecule has 1 aliphatic rings. The third-order valence-corrected chi connectivity index (χ3v) is 4.67. The van der Waals surface area contributed by atoms with Crippen molar-refractivity contribution in [1.82, 2.24) is 4.90 Å². The molecule has 2 aromatic rings. The number of ether oxygens (including phenoxy) is 2. The molecule has 1 aliphatic heterocycles. The first-order valence-corrected chi connectivity index (χ1v) is 8.47. The smallest absolute Gasteiger partial charge is 0.308 e. The zero-order valence-electron chi connectivity index (χ0n) is 14.4. The SMILES string of the molecule is COc1ccc2cc([C@@H]3CN(CCC(F)(F)C(F)F)CCO3)ccc2c1. The van der Waals surface area contributed by atoms with Crippen LogP contribution in [0.4, 0.5) is 17.6 Å². The molecule has 0 unspecified atom stereocenters. The second-order valence-corrected chi connectivity index (χ2v) is 6.44. The zero-order chi connectivity index (χ0) is 18.7. The van der Waals surface area contributed by atoms with E-state index < -0.39 is 18.8 Å². The van der Waals surface area contributed by atoms with Crippen molar-refractivity contribution in [1.29, 1.82) is 0 Å². The van der Waals surface area contributed by atoms with E-state index in [1.165, 1.54) is 0 Å². The van der Waals surface area contributed by atoms with Crippen LogP contribution in [0.5, 0.6) is 5.75 Å². The van der Waals surface area contributed by atoms with Gasteiger partial charge in [-0.25, -0.2) is 17.6 Å². The normalized spacial score (nSPS) is 19.2. The van der Waals surface area contributed by atoms with Crippen LogP contribution in [0, 0.1) is 0 Å². The van der Waals surface area contributed by atoms with Crippen molar-refractivity contribution in [2.75, 3.05) is 33.4 Å². The van der Waals surface area contributed by atoms with Crippen molar-refractivity contribution in [3.63, 3.8) is 0 Å². The summed E-state index contributed by atoms with van der Waals surface area (Å²) in [6.07, 6.45) is -4.75. The molecule has 0 saturated carbocycles. The van der Waals surface area contributed by atoms with Gasteiger partial charge in [0, 0.05) is 26.1 Å². The van der Waals surface area contributed by atoms with Gasteiger partial charge >= 0.3 is 12.3 Å². The molecule has 3 rings (SSSR count). The van der Waals surface area contributed by atoms with Crippen LogP contribution in [0.2, 0.25) is 0 Å². The molecule has 142 valence electrons.